The second-order valence-corrected chi connectivity index (χ2v) is 4.99. The summed E-state index contributed by atoms with van der Waals surface area (Å²) in [6.45, 7) is 2.04. The van der Waals surface area contributed by atoms with Gasteiger partial charge in [-0.25, -0.2) is 0 Å². The van der Waals surface area contributed by atoms with Gasteiger partial charge in [-0.15, -0.1) is 5.10 Å². The molecule has 3 rings (SSSR count). The maximum atomic E-state index is 11.8. The zero-order valence-electron chi connectivity index (χ0n) is 10.8. The van der Waals surface area contributed by atoms with Crippen LogP contribution in [0.15, 0.2) is 24.3 Å². The van der Waals surface area contributed by atoms with E-state index < -0.39 is 0 Å². The van der Waals surface area contributed by atoms with Gasteiger partial charge in [0.05, 0.1) is 0 Å². The van der Waals surface area contributed by atoms with Crippen LogP contribution in [0.4, 0.5) is 5.95 Å². The summed E-state index contributed by atoms with van der Waals surface area (Å²) in [5.41, 5.74) is 2.16. The molecule has 1 aliphatic carbocycles. The lowest BCUT2D eigenvalue weighted by Crippen LogP contribution is -2.28. The van der Waals surface area contributed by atoms with E-state index >= 15 is 0 Å². The van der Waals surface area contributed by atoms with Crippen molar-refractivity contribution in [2.45, 2.75) is 26.2 Å². The molecule has 0 spiro atoms. The van der Waals surface area contributed by atoms with Gasteiger partial charge < -0.3 is 0 Å². The molecule has 19 heavy (non-hydrogen) atoms. The molecule has 5 nitrogen and oxygen atoms in total. The van der Waals surface area contributed by atoms with Gasteiger partial charge in [-0.05, 0) is 19.8 Å². The van der Waals surface area contributed by atoms with Crippen molar-refractivity contribution in [1.29, 1.82) is 0 Å². The summed E-state index contributed by atoms with van der Waals surface area (Å²) in [6.07, 6.45) is 3.09. The molecule has 0 radical (unpaired) electrons. The Balaban J connectivity index is 1.72. The Morgan fingerprint density at radius 1 is 1.32 bits per heavy atom. The van der Waals surface area contributed by atoms with Crippen molar-refractivity contribution in [2.75, 3.05) is 5.32 Å². The number of rotatable bonds is 3. The number of H-pyrrole nitrogens is 1. The van der Waals surface area contributed by atoms with Crippen molar-refractivity contribution in [1.82, 2.24) is 15.2 Å². The van der Waals surface area contributed by atoms with Crippen LogP contribution in [0.1, 0.15) is 24.8 Å². The van der Waals surface area contributed by atoms with Crippen LogP contribution in [0.5, 0.6) is 0 Å². The SMILES string of the molecule is Cc1ccc(-c2nc(NC(=O)C3CCC3)n[nH]2)cc1. The van der Waals surface area contributed by atoms with Crippen LogP contribution in [0.3, 0.4) is 0 Å². The van der Waals surface area contributed by atoms with Crippen LogP contribution in [0.2, 0.25) is 0 Å². The Bertz CT molecular complexity index is 584. The molecule has 1 aromatic heterocycles. The molecule has 0 saturated heterocycles. The Kier molecular flexibility index (Phi) is 3.03. The second kappa shape index (κ2) is 4.84. The fraction of sp³-hybridized carbons (Fsp3) is 0.357. The molecule has 1 saturated carbocycles. The molecule has 1 aliphatic rings. The second-order valence-electron chi connectivity index (χ2n) is 4.99. The first kappa shape index (κ1) is 11.9. The predicted octanol–water partition coefficient (Wildman–Crippen LogP) is 2.52. The predicted molar refractivity (Wildman–Crippen MR) is 72.5 cm³/mol. The molecule has 1 aromatic carbocycles. The van der Waals surface area contributed by atoms with Gasteiger partial charge in [0.1, 0.15) is 0 Å². The molecule has 0 atom stereocenters. The lowest BCUT2D eigenvalue weighted by Gasteiger charge is -2.23. The molecule has 98 valence electrons. The van der Waals surface area contributed by atoms with Crippen molar-refractivity contribution < 1.29 is 4.79 Å². The molecule has 1 heterocycles. The molecule has 1 amide bonds. The van der Waals surface area contributed by atoms with E-state index in [-0.39, 0.29) is 11.8 Å². The minimum absolute atomic E-state index is 0.0284. The summed E-state index contributed by atoms with van der Waals surface area (Å²) >= 11 is 0. The summed E-state index contributed by atoms with van der Waals surface area (Å²) in [7, 11) is 0. The first-order chi connectivity index (χ1) is 9.22. The van der Waals surface area contributed by atoms with Crippen LogP contribution in [0.25, 0.3) is 11.4 Å². The number of anilines is 1. The molecular formula is C14H16N4O. The number of aryl methyl sites for hydroxylation is 1. The highest BCUT2D eigenvalue weighted by Crippen LogP contribution is 2.27. The minimum Gasteiger partial charge on any atom is -0.293 e. The van der Waals surface area contributed by atoms with Gasteiger partial charge in [-0.2, -0.15) is 4.98 Å². The standard InChI is InChI=1S/C14H16N4O/c1-9-5-7-10(8-6-9)12-15-14(18-17-12)16-13(19)11-3-2-4-11/h5-8,11H,2-4H2,1H3,(H2,15,16,17,18,19). The van der Waals surface area contributed by atoms with E-state index in [1.807, 2.05) is 31.2 Å². The monoisotopic (exact) mass is 256 g/mol. The van der Waals surface area contributed by atoms with E-state index in [1.165, 1.54) is 5.56 Å². The van der Waals surface area contributed by atoms with Gasteiger partial charge in [0.2, 0.25) is 11.9 Å². The van der Waals surface area contributed by atoms with Crippen molar-refractivity contribution in [2.24, 2.45) is 5.92 Å². The van der Waals surface area contributed by atoms with E-state index in [0.29, 0.717) is 11.8 Å². The van der Waals surface area contributed by atoms with Crippen LogP contribution in [0, 0.1) is 12.8 Å². The average Bonchev–Trinajstić information content (AvgIpc) is 2.76. The molecule has 2 N–H and O–H groups in total. The molecule has 2 aromatic rings. The third-order valence-electron chi connectivity index (χ3n) is 3.52. The third kappa shape index (κ3) is 2.50. The zero-order chi connectivity index (χ0) is 13.2. The van der Waals surface area contributed by atoms with Gasteiger partial charge in [0, 0.05) is 11.5 Å². The molecule has 5 heteroatoms. The number of carbonyl (C=O) groups is 1. The fourth-order valence-electron chi connectivity index (χ4n) is 2.04. The largest absolute Gasteiger partial charge is 0.293 e. The van der Waals surface area contributed by atoms with Crippen molar-refractivity contribution in [3.63, 3.8) is 0 Å². The Labute approximate surface area is 111 Å². The number of hydrogen-bond acceptors (Lipinski definition) is 3. The van der Waals surface area contributed by atoms with Gasteiger partial charge in [0.25, 0.3) is 0 Å². The highest BCUT2D eigenvalue weighted by molar-refractivity contribution is 5.91. The van der Waals surface area contributed by atoms with Crippen LogP contribution in [-0.4, -0.2) is 21.1 Å². The van der Waals surface area contributed by atoms with Gasteiger partial charge in [-0.3, -0.25) is 15.2 Å². The number of aromatic amines is 1. The average molecular weight is 256 g/mol. The minimum atomic E-state index is 0.0284. The summed E-state index contributed by atoms with van der Waals surface area (Å²) in [6, 6.07) is 8.00. The van der Waals surface area contributed by atoms with Crippen molar-refractivity contribution in [3.05, 3.63) is 29.8 Å². The van der Waals surface area contributed by atoms with Crippen molar-refractivity contribution >= 4 is 11.9 Å². The maximum absolute atomic E-state index is 11.8. The highest BCUT2D eigenvalue weighted by atomic mass is 16.2. The molecular weight excluding hydrogens is 240 g/mol. The molecule has 0 aliphatic heterocycles. The molecule has 1 fully saturated rings. The van der Waals surface area contributed by atoms with E-state index in [0.717, 1.165) is 24.8 Å². The number of nitrogens with zero attached hydrogens (tertiary/aromatic N) is 2. The van der Waals surface area contributed by atoms with E-state index in [4.69, 9.17) is 0 Å². The lowest BCUT2D eigenvalue weighted by atomic mass is 9.85. The smallest absolute Gasteiger partial charge is 0.249 e. The quantitative estimate of drug-likeness (QED) is 0.886. The first-order valence-electron chi connectivity index (χ1n) is 6.53. The fourth-order valence-corrected chi connectivity index (χ4v) is 2.04. The van der Waals surface area contributed by atoms with E-state index in [2.05, 4.69) is 20.5 Å². The maximum Gasteiger partial charge on any atom is 0.249 e. The van der Waals surface area contributed by atoms with Gasteiger partial charge in [0.15, 0.2) is 5.82 Å². The van der Waals surface area contributed by atoms with E-state index in [1.54, 1.807) is 0 Å². The highest BCUT2D eigenvalue weighted by Gasteiger charge is 2.25. The van der Waals surface area contributed by atoms with Crippen LogP contribution in [-0.2, 0) is 4.79 Å². The van der Waals surface area contributed by atoms with Crippen LogP contribution >= 0.6 is 0 Å². The lowest BCUT2D eigenvalue weighted by molar-refractivity contribution is -0.122. The molecule has 0 unspecified atom stereocenters. The number of carbonyl (C=O) groups excluding carboxylic acids is 1. The first-order valence-corrected chi connectivity index (χ1v) is 6.53. The van der Waals surface area contributed by atoms with Gasteiger partial charge in [-0.1, -0.05) is 36.2 Å². The Hall–Kier alpha value is -2.17. The number of nitrogens with one attached hydrogen (secondary N) is 2. The van der Waals surface area contributed by atoms with Crippen LogP contribution < -0.4 is 5.32 Å². The summed E-state index contributed by atoms with van der Waals surface area (Å²) < 4.78 is 0. The Morgan fingerprint density at radius 2 is 2.05 bits per heavy atom. The summed E-state index contributed by atoms with van der Waals surface area (Å²) in [4.78, 5) is 16.1. The van der Waals surface area contributed by atoms with Gasteiger partial charge >= 0.3 is 0 Å². The number of hydrogen-bond donors (Lipinski definition) is 2. The third-order valence-corrected chi connectivity index (χ3v) is 3.52. The number of benzene rings is 1. The molecule has 0 bridgehead atoms. The Morgan fingerprint density at radius 3 is 2.68 bits per heavy atom. The normalized spacial score (nSPS) is 15.0. The number of amides is 1. The number of aromatic nitrogens is 3. The van der Waals surface area contributed by atoms with E-state index in [9.17, 15) is 4.79 Å². The summed E-state index contributed by atoms with van der Waals surface area (Å²) in [5.74, 6) is 1.19. The van der Waals surface area contributed by atoms with Crippen molar-refractivity contribution in [3.8, 4) is 11.4 Å². The topological polar surface area (TPSA) is 70.7 Å². The summed E-state index contributed by atoms with van der Waals surface area (Å²) in [5, 5.41) is 9.63. The zero-order valence-corrected chi connectivity index (χ0v) is 10.8.